The van der Waals surface area contributed by atoms with Crippen LogP contribution in [0, 0.1) is 11.8 Å². The van der Waals surface area contributed by atoms with Crippen LogP contribution < -0.4 is 10.4 Å². The van der Waals surface area contributed by atoms with Gasteiger partial charge in [0.1, 0.15) is 0 Å². The average molecular weight is 465 g/mol. The van der Waals surface area contributed by atoms with E-state index >= 15 is 0 Å². The maximum atomic E-state index is 7.04. The van der Waals surface area contributed by atoms with Crippen molar-refractivity contribution < 1.29 is 9.16 Å². The van der Waals surface area contributed by atoms with Crippen molar-refractivity contribution in [3.63, 3.8) is 0 Å². The fourth-order valence-electron chi connectivity index (χ4n) is 5.11. The van der Waals surface area contributed by atoms with Crippen molar-refractivity contribution in [2.24, 2.45) is 11.8 Å². The Morgan fingerprint density at radius 1 is 0.939 bits per heavy atom. The normalized spacial score (nSPS) is 14.9. The lowest BCUT2D eigenvalue weighted by atomic mass is 9.86. The van der Waals surface area contributed by atoms with Crippen molar-refractivity contribution in [3.8, 4) is 0 Å². The highest BCUT2D eigenvalue weighted by atomic mass is 28.4. The van der Waals surface area contributed by atoms with E-state index in [9.17, 15) is 0 Å². The molecule has 0 aliphatic heterocycles. The molecule has 0 heterocycles. The van der Waals surface area contributed by atoms with Crippen molar-refractivity contribution in [2.75, 3.05) is 13.7 Å². The van der Waals surface area contributed by atoms with Crippen molar-refractivity contribution in [1.82, 2.24) is 0 Å². The first kappa shape index (κ1) is 27.3. The molecule has 2 aromatic rings. The fourth-order valence-corrected chi connectivity index (χ4v) is 9.72. The number of allylic oxidation sites excluding steroid dienone is 1. The van der Waals surface area contributed by atoms with E-state index in [1.54, 1.807) is 7.11 Å². The van der Waals surface area contributed by atoms with Gasteiger partial charge in [0.15, 0.2) is 0 Å². The van der Waals surface area contributed by atoms with Crippen molar-refractivity contribution >= 4 is 18.7 Å². The van der Waals surface area contributed by atoms with Crippen LogP contribution in [0.25, 0.3) is 0 Å². The van der Waals surface area contributed by atoms with Crippen LogP contribution in [0.3, 0.4) is 0 Å². The summed E-state index contributed by atoms with van der Waals surface area (Å²) in [4.78, 5) is 0. The van der Waals surface area contributed by atoms with Crippen molar-refractivity contribution in [1.29, 1.82) is 0 Å². The Hall–Kier alpha value is -1.94. The molecule has 0 N–H and O–H groups in total. The predicted molar refractivity (Wildman–Crippen MR) is 146 cm³/mol. The van der Waals surface area contributed by atoms with E-state index in [2.05, 4.69) is 102 Å². The van der Waals surface area contributed by atoms with Gasteiger partial charge in [-0.1, -0.05) is 101 Å². The van der Waals surface area contributed by atoms with Crippen LogP contribution in [-0.4, -0.2) is 28.1 Å². The summed E-state index contributed by atoms with van der Waals surface area (Å²) in [6.07, 6.45) is 8.26. The van der Waals surface area contributed by atoms with Gasteiger partial charge in [-0.25, -0.2) is 0 Å². The van der Waals surface area contributed by atoms with Gasteiger partial charge in [-0.3, -0.25) is 0 Å². The van der Waals surface area contributed by atoms with Gasteiger partial charge in [0.25, 0.3) is 8.32 Å². The van der Waals surface area contributed by atoms with E-state index in [0.717, 1.165) is 32.3 Å². The van der Waals surface area contributed by atoms with Gasteiger partial charge in [0, 0.05) is 13.7 Å². The van der Waals surface area contributed by atoms with Crippen LogP contribution in [0.2, 0.25) is 5.04 Å². The lowest BCUT2D eigenvalue weighted by Gasteiger charge is -2.43. The zero-order valence-electron chi connectivity index (χ0n) is 21.4. The molecule has 2 rings (SSSR count). The topological polar surface area (TPSA) is 18.5 Å². The van der Waals surface area contributed by atoms with Gasteiger partial charge in [-0.2, -0.15) is 0 Å². The summed E-state index contributed by atoms with van der Waals surface area (Å²) in [5.41, 5.74) is 0. The molecule has 0 amide bonds. The summed E-state index contributed by atoms with van der Waals surface area (Å²) in [6.45, 7) is 18.0. The molecule has 0 radical (unpaired) electrons. The Morgan fingerprint density at radius 2 is 1.48 bits per heavy atom. The number of rotatable bonds is 14. The van der Waals surface area contributed by atoms with Crippen LogP contribution in [0.1, 0.15) is 53.4 Å². The molecule has 0 spiro atoms. The van der Waals surface area contributed by atoms with E-state index in [1.165, 1.54) is 10.4 Å². The molecule has 0 aromatic heterocycles. The molecule has 180 valence electrons. The van der Waals surface area contributed by atoms with E-state index in [4.69, 9.17) is 9.16 Å². The third-order valence-electron chi connectivity index (χ3n) is 6.72. The molecule has 2 aromatic carbocycles. The van der Waals surface area contributed by atoms with Gasteiger partial charge in [0.2, 0.25) is 0 Å². The number of hydrogen-bond donors (Lipinski definition) is 0. The average Bonchev–Trinajstić information content (AvgIpc) is 2.80. The second-order valence-corrected chi connectivity index (χ2v) is 14.5. The maximum Gasteiger partial charge on any atom is 0.261 e. The van der Waals surface area contributed by atoms with Gasteiger partial charge < -0.3 is 9.16 Å². The number of benzene rings is 2. The van der Waals surface area contributed by atoms with Crippen molar-refractivity contribution in [2.45, 2.75) is 64.5 Å². The van der Waals surface area contributed by atoms with E-state index in [0.29, 0.717) is 11.8 Å². The molecular formula is C30H44O2Si. The lowest BCUT2D eigenvalue weighted by molar-refractivity contribution is 0.0788. The van der Waals surface area contributed by atoms with E-state index in [-0.39, 0.29) is 11.1 Å². The van der Waals surface area contributed by atoms with Gasteiger partial charge in [0.05, 0.1) is 6.10 Å². The Balaban J connectivity index is 2.14. The summed E-state index contributed by atoms with van der Waals surface area (Å²) in [5.74, 6) is 1.02. The lowest BCUT2D eigenvalue weighted by Crippen LogP contribution is -2.66. The molecule has 1 unspecified atom stereocenters. The highest BCUT2D eigenvalue weighted by Crippen LogP contribution is 2.37. The Kier molecular flexibility index (Phi) is 10.8. The van der Waals surface area contributed by atoms with Crippen LogP contribution >= 0.6 is 0 Å². The zero-order valence-corrected chi connectivity index (χ0v) is 22.4. The molecule has 0 fully saturated rings. The monoisotopic (exact) mass is 464 g/mol. The SMILES string of the molecule is C=CC[C@@H](C[C@@H](C)CCCO[Si](c1ccccc1)(c1ccccc1)C(C)(C)C)C(C=C)OC. The molecule has 0 saturated heterocycles. The standard InChI is InChI=1S/C30H44O2Si/c1-8-17-26(29(9-2)31-7)24-25(3)18-16-23-32-33(30(4,5)6,27-19-12-10-13-20-27)28-21-14-11-15-22-28/h8-15,19-22,25-26,29H,1-2,16-18,23-24H2,3-7H3/t25-,26-,29?/m0/s1. The van der Waals surface area contributed by atoms with Crippen molar-refractivity contribution in [3.05, 3.63) is 86.0 Å². The minimum atomic E-state index is -2.44. The molecule has 0 aliphatic carbocycles. The summed E-state index contributed by atoms with van der Waals surface area (Å²) < 4.78 is 12.7. The summed E-state index contributed by atoms with van der Waals surface area (Å²) in [5, 5.41) is 2.71. The second-order valence-electron chi connectivity index (χ2n) is 10.2. The highest BCUT2D eigenvalue weighted by Gasteiger charge is 2.49. The van der Waals surface area contributed by atoms with E-state index in [1.807, 2.05) is 12.2 Å². The fraction of sp³-hybridized carbons (Fsp3) is 0.467. The minimum absolute atomic E-state index is 0.0199. The third-order valence-corrected chi connectivity index (χ3v) is 11.8. The van der Waals surface area contributed by atoms with Gasteiger partial charge in [-0.15, -0.1) is 13.2 Å². The van der Waals surface area contributed by atoms with Gasteiger partial charge >= 0.3 is 0 Å². The van der Waals surface area contributed by atoms with E-state index < -0.39 is 8.32 Å². The summed E-state index contributed by atoms with van der Waals surface area (Å²) in [6, 6.07) is 21.8. The Labute approximate surface area is 203 Å². The molecule has 3 heteroatoms. The Morgan fingerprint density at radius 3 is 1.91 bits per heavy atom. The zero-order chi connectivity index (χ0) is 24.3. The van der Waals surface area contributed by atoms with Crippen LogP contribution in [0.5, 0.6) is 0 Å². The number of methoxy groups -OCH3 is 1. The predicted octanol–water partition coefficient (Wildman–Crippen LogP) is 6.76. The first-order valence-electron chi connectivity index (χ1n) is 12.3. The molecule has 0 bridgehead atoms. The number of hydrogen-bond acceptors (Lipinski definition) is 2. The third kappa shape index (κ3) is 7.02. The van der Waals surface area contributed by atoms with Crippen LogP contribution in [-0.2, 0) is 9.16 Å². The smallest absolute Gasteiger partial charge is 0.261 e. The molecule has 0 saturated carbocycles. The van der Waals surface area contributed by atoms with Crippen LogP contribution in [0.15, 0.2) is 86.0 Å². The molecule has 3 atom stereocenters. The quantitative estimate of drug-likeness (QED) is 0.175. The highest BCUT2D eigenvalue weighted by molar-refractivity contribution is 6.99. The summed E-state index contributed by atoms with van der Waals surface area (Å²) in [7, 11) is -0.673. The maximum absolute atomic E-state index is 7.04. The van der Waals surface area contributed by atoms with Gasteiger partial charge in [-0.05, 0) is 52.9 Å². The molecular weight excluding hydrogens is 420 g/mol. The number of ether oxygens (including phenoxy) is 1. The molecule has 2 nitrogen and oxygen atoms in total. The summed E-state index contributed by atoms with van der Waals surface area (Å²) >= 11 is 0. The minimum Gasteiger partial charge on any atom is -0.407 e. The molecule has 0 aliphatic rings. The molecule has 33 heavy (non-hydrogen) atoms. The first-order valence-corrected chi connectivity index (χ1v) is 14.2. The second kappa shape index (κ2) is 13.1. The Bertz CT molecular complexity index is 786. The largest absolute Gasteiger partial charge is 0.407 e. The van der Waals surface area contributed by atoms with Crippen LogP contribution in [0.4, 0.5) is 0 Å². The first-order chi connectivity index (χ1) is 15.8.